The maximum atomic E-state index is 14.4. The lowest BCUT2D eigenvalue weighted by atomic mass is 9.62. The zero-order valence-corrected chi connectivity index (χ0v) is 23.1. The van der Waals surface area contributed by atoms with Crippen LogP contribution in [0.5, 0.6) is 11.5 Å². The topological polar surface area (TPSA) is 100 Å². The molecular weight excluding hydrogens is 498 g/mol. The van der Waals surface area contributed by atoms with Crippen LogP contribution in [0.4, 0.5) is 0 Å². The Kier molecular flexibility index (Phi) is 8.84. The van der Waals surface area contributed by atoms with E-state index >= 15 is 0 Å². The number of ketones is 1. The zero-order chi connectivity index (χ0) is 28.1. The van der Waals surface area contributed by atoms with E-state index in [0.717, 1.165) is 11.1 Å². The van der Waals surface area contributed by atoms with E-state index < -0.39 is 35.6 Å². The Morgan fingerprint density at radius 3 is 2.26 bits per heavy atom. The lowest BCUT2D eigenvalue weighted by Gasteiger charge is -2.41. The average Bonchev–Trinajstić information content (AvgIpc) is 2.93. The van der Waals surface area contributed by atoms with Crippen LogP contribution in [-0.2, 0) is 23.9 Å². The molecule has 1 aliphatic heterocycles. The highest BCUT2D eigenvalue weighted by Crippen LogP contribution is 2.49. The first-order valence-corrected chi connectivity index (χ1v) is 13.4. The van der Waals surface area contributed by atoms with Crippen LogP contribution in [0.1, 0.15) is 57.1 Å². The predicted octanol–water partition coefficient (Wildman–Crippen LogP) is 5.02. The highest BCUT2D eigenvalue weighted by atomic mass is 16.5. The minimum atomic E-state index is -1.09. The first kappa shape index (κ1) is 28.1. The second-order valence-electron chi connectivity index (χ2n) is 9.46. The summed E-state index contributed by atoms with van der Waals surface area (Å²) in [5, 5.41) is 0. The van der Waals surface area contributed by atoms with E-state index in [-0.39, 0.29) is 19.0 Å². The maximum absolute atomic E-state index is 14.4. The molecule has 1 saturated carbocycles. The van der Waals surface area contributed by atoms with Crippen molar-refractivity contribution in [2.75, 3.05) is 26.9 Å². The SMILES string of the molecule is CCOC(=O)C1=C(C)N=C2C[C@H](c3ccccc3OC)[C@H](C(=O)OCC)C(=O)C2[C@H]1c1ccc(OCC)cc1. The number of aliphatic imine (C=N–C) groups is 1. The number of hydrogen-bond donors (Lipinski definition) is 0. The molecule has 0 aromatic heterocycles. The summed E-state index contributed by atoms with van der Waals surface area (Å²) < 4.78 is 22.0. The molecule has 0 amide bonds. The molecular formula is C31H35NO7. The van der Waals surface area contributed by atoms with Crippen molar-refractivity contribution in [3.63, 3.8) is 0 Å². The Bertz CT molecular complexity index is 1290. The van der Waals surface area contributed by atoms with Crippen LogP contribution in [-0.4, -0.2) is 50.4 Å². The Morgan fingerprint density at radius 1 is 0.923 bits per heavy atom. The van der Waals surface area contributed by atoms with Crippen molar-refractivity contribution in [1.82, 2.24) is 0 Å². The summed E-state index contributed by atoms with van der Waals surface area (Å²) in [6.45, 7) is 7.94. The summed E-state index contributed by atoms with van der Waals surface area (Å²) in [5.41, 5.74) is 2.93. The number of nitrogens with zero attached hydrogens (tertiary/aromatic N) is 1. The number of ether oxygens (including phenoxy) is 4. The van der Waals surface area contributed by atoms with Crippen molar-refractivity contribution in [1.29, 1.82) is 0 Å². The van der Waals surface area contributed by atoms with E-state index in [1.807, 2.05) is 55.5 Å². The largest absolute Gasteiger partial charge is 0.496 e. The summed E-state index contributed by atoms with van der Waals surface area (Å²) in [6, 6.07) is 14.7. The molecule has 8 nitrogen and oxygen atoms in total. The standard InChI is InChI=1S/C31H35NO7/c1-6-37-20-15-13-19(14-16-20)26-25(30(34)38-7-2)18(4)32-23-17-22(21-11-9-10-12-24(21)36-5)27(29(33)28(23)26)31(35)39-8-3/h9-16,22,26-28H,6-8,17H2,1-5H3/t22-,26+,27+,28?/m1/s1. The molecule has 1 unspecified atom stereocenters. The molecule has 4 rings (SSSR count). The molecule has 0 spiro atoms. The third kappa shape index (κ3) is 5.46. The van der Waals surface area contributed by atoms with E-state index in [2.05, 4.69) is 0 Å². The van der Waals surface area contributed by atoms with Gasteiger partial charge in [-0.15, -0.1) is 0 Å². The van der Waals surface area contributed by atoms with E-state index in [9.17, 15) is 14.4 Å². The van der Waals surface area contributed by atoms with Crippen molar-refractivity contribution in [2.45, 2.75) is 46.0 Å². The Hall–Kier alpha value is -3.94. The van der Waals surface area contributed by atoms with Gasteiger partial charge in [0.15, 0.2) is 5.78 Å². The van der Waals surface area contributed by atoms with Gasteiger partial charge < -0.3 is 18.9 Å². The van der Waals surface area contributed by atoms with Gasteiger partial charge in [-0.05, 0) is 63.4 Å². The van der Waals surface area contributed by atoms with Gasteiger partial charge in [-0.2, -0.15) is 0 Å². The van der Waals surface area contributed by atoms with Crippen molar-refractivity contribution in [3.05, 3.63) is 70.9 Å². The van der Waals surface area contributed by atoms with Gasteiger partial charge in [-0.3, -0.25) is 14.6 Å². The van der Waals surface area contributed by atoms with Gasteiger partial charge in [-0.25, -0.2) is 4.79 Å². The van der Waals surface area contributed by atoms with E-state index in [1.54, 1.807) is 27.9 Å². The lowest BCUT2D eigenvalue weighted by Crippen LogP contribution is -2.48. The third-order valence-electron chi connectivity index (χ3n) is 7.27. The molecule has 206 valence electrons. The molecule has 2 aromatic rings. The molecule has 1 aliphatic carbocycles. The van der Waals surface area contributed by atoms with Gasteiger partial charge in [0.1, 0.15) is 17.4 Å². The molecule has 0 bridgehead atoms. The van der Waals surface area contributed by atoms with Gasteiger partial charge in [-0.1, -0.05) is 30.3 Å². The highest BCUT2D eigenvalue weighted by Gasteiger charge is 2.53. The monoisotopic (exact) mass is 533 g/mol. The Balaban J connectivity index is 1.88. The maximum Gasteiger partial charge on any atom is 0.336 e. The number of carbonyl (C=O) groups is 3. The Labute approximate surface area is 229 Å². The normalized spacial score (nSPS) is 22.5. The molecule has 8 heteroatoms. The summed E-state index contributed by atoms with van der Waals surface area (Å²) in [7, 11) is 1.56. The first-order chi connectivity index (χ1) is 18.9. The number of fused-ring (bicyclic) bond motifs is 1. The van der Waals surface area contributed by atoms with Crippen LogP contribution < -0.4 is 9.47 Å². The number of para-hydroxylation sites is 1. The molecule has 2 aromatic carbocycles. The fourth-order valence-corrected chi connectivity index (χ4v) is 5.72. The van der Waals surface area contributed by atoms with Gasteiger partial charge in [0.2, 0.25) is 0 Å². The quantitative estimate of drug-likeness (QED) is 0.330. The average molecular weight is 534 g/mol. The van der Waals surface area contributed by atoms with Gasteiger partial charge >= 0.3 is 11.9 Å². The number of methoxy groups -OCH3 is 1. The molecule has 0 N–H and O–H groups in total. The van der Waals surface area contributed by atoms with Gasteiger partial charge in [0.05, 0.1) is 38.4 Å². The van der Waals surface area contributed by atoms with Crippen LogP contribution in [0.25, 0.3) is 0 Å². The van der Waals surface area contributed by atoms with E-state index in [4.69, 9.17) is 23.9 Å². The zero-order valence-electron chi connectivity index (χ0n) is 23.1. The predicted molar refractivity (Wildman–Crippen MR) is 146 cm³/mol. The minimum Gasteiger partial charge on any atom is -0.496 e. The van der Waals surface area contributed by atoms with E-state index in [1.165, 1.54) is 0 Å². The van der Waals surface area contributed by atoms with Crippen LogP contribution in [0.2, 0.25) is 0 Å². The number of Topliss-reactive ketones (excluding diaryl/α,β-unsaturated/α-hetero) is 1. The third-order valence-corrected chi connectivity index (χ3v) is 7.27. The smallest absolute Gasteiger partial charge is 0.336 e. The van der Waals surface area contributed by atoms with Crippen molar-refractivity contribution in [2.24, 2.45) is 16.8 Å². The van der Waals surface area contributed by atoms with E-state index in [0.29, 0.717) is 41.5 Å². The number of hydrogen-bond acceptors (Lipinski definition) is 8. The van der Waals surface area contributed by atoms with Gasteiger partial charge in [0, 0.05) is 23.2 Å². The second-order valence-corrected chi connectivity index (χ2v) is 9.46. The highest BCUT2D eigenvalue weighted by molar-refractivity contribution is 6.18. The molecule has 1 fully saturated rings. The summed E-state index contributed by atoms with van der Waals surface area (Å²) in [4.78, 5) is 45.8. The minimum absolute atomic E-state index is 0.141. The Morgan fingerprint density at radius 2 is 1.62 bits per heavy atom. The van der Waals surface area contributed by atoms with Crippen LogP contribution >= 0.6 is 0 Å². The summed E-state index contributed by atoms with van der Waals surface area (Å²) in [5.74, 6) is -3.29. The molecule has 4 atom stereocenters. The number of allylic oxidation sites excluding steroid dienone is 1. The van der Waals surface area contributed by atoms with Crippen molar-refractivity contribution >= 4 is 23.4 Å². The molecule has 0 saturated heterocycles. The van der Waals surface area contributed by atoms with Crippen molar-refractivity contribution in [3.8, 4) is 11.5 Å². The number of rotatable bonds is 9. The lowest BCUT2D eigenvalue weighted by molar-refractivity contribution is -0.153. The fraction of sp³-hybridized carbons (Fsp3) is 0.419. The summed E-state index contributed by atoms with van der Waals surface area (Å²) >= 11 is 0. The molecule has 0 radical (unpaired) electrons. The molecule has 1 heterocycles. The number of benzene rings is 2. The van der Waals surface area contributed by atoms with Crippen LogP contribution in [0, 0.1) is 11.8 Å². The molecule has 2 aliphatic rings. The number of carbonyl (C=O) groups excluding carboxylic acids is 3. The van der Waals surface area contributed by atoms with Gasteiger partial charge in [0.25, 0.3) is 0 Å². The molecule has 39 heavy (non-hydrogen) atoms. The summed E-state index contributed by atoms with van der Waals surface area (Å²) in [6.07, 6.45) is 0.335. The second kappa shape index (κ2) is 12.3. The fourth-order valence-electron chi connectivity index (χ4n) is 5.72. The van der Waals surface area contributed by atoms with Crippen LogP contribution in [0.15, 0.2) is 64.8 Å². The number of esters is 2. The van der Waals surface area contributed by atoms with Crippen molar-refractivity contribution < 1.29 is 33.3 Å². The first-order valence-electron chi connectivity index (χ1n) is 13.4. The van der Waals surface area contributed by atoms with Crippen LogP contribution in [0.3, 0.4) is 0 Å².